The molecule has 1 amide bonds. The summed E-state index contributed by atoms with van der Waals surface area (Å²) in [5.41, 5.74) is 5.67. The lowest BCUT2D eigenvalue weighted by Gasteiger charge is -2.31. The fourth-order valence-corrected chi connectivity index (χ4v) is 6.56. The van der Waals surface area contributed by atoms with Crippen LogP contribution in [0.15, 0.2) is 45.8 Å². The molecule has 1 N–H and O–H groups in total. The van der Waals surface area contributed by atoms with Gasteiger partial charge in [-0.1, -0.05) is 28.9 Å². The van der Waals surface area contributed by atoms with Gasteiger partial charge in [-0.3, -0.25) is 4.79 Å². The zero-order valence-corrected chi connectivity index (χ0v) is 22.2. The molecule has 1 saturated heterocycles. The van der Waals surface area contributed by atoms with Crippen LogP contribution in [-0.4, -0.2) is 36.9 Å². The van der Waals surface area contributed by atoms with Gasteiger partial charge < -0.3 is 9.84 Å². The Kier molecular flexibility index (Phi) is 7.62. The van der Waals surface area contributed by atoms with E-state index >= 15 is 0 Å². The molecule has 1 aromatic heterocycles. The lowest BCUT2D eigenvalue weighted by Crippen LogP contribution is -2.43. The molecule has 1 aliphatic rings. The number of hydrogen-bond acceptors (Lipinski definition) is 6. The summed E-state index contributed by atoms with van der Waals surface area (Å²) >= 11 is 0. The molecule has 0 radical (unpaired) electrons. The van der Waals surface area contributed by atoms with Crippen molar-refractivity contribution >= 4 is 33.8 Å². The second-order valence-corrected chi connectivity index (χ2v) is 11.4. The summed E-state index contributed by atoms with van der Waals surface area (Å²) in [4.78, 5) is 12.9. The predicted octanol–water partition coefficient (Wildman–Crippen LogP) is 4.99. The Morgan fingerprint density at radius 1 is 1.14 bits per heavy atom. The summed E-state index contributed by atoms with van der Waals surface area (Å²) in [6.45, 7) is 8.05. The summed E-state index contributed by atoms with van der Waals surface area (Å²) in [5, 5.41) is 15.7. The van der Waals surface area contributed by atoms with Crippen molar-refractivity contribution in [2.45, 2.75) is 45.4 Å². The van der Waals surface area contributed by atoms with Crippen molar-refractivity contribution in [2.75, 3.05) is 18.4 Å². The van der Waals surface area contributed by atoms with Crippen LogP contribution in [-0.2, 0) is 14.8 Å². The van der Waals surface area contributed by atoms with Crippen LogP contribution in [0.25, 0.3) is 12.2 Å². The van der Waals surface area contributed by atoms with Crippen molar-refractivity contribution in [1.82, 2.24) is 9.46 Å². The Morgan fingerprint density at radius 2 is 1.81 bits per heavy atom. The Morgan fingerprint density at radius 3 is 2.46 bits per heavy atom. The summed E-state index contributed by atoms with van der Waals surface area (Å²) in [7, 11) is -3.95. The van der Waals surface area contributed by atoms with E-state index in [-0.39, 0.29) is 28.8 Å². The van der Waals surface area contributed by atoms with Crippen LogP contribution in [0.3, 0.4) is 0 Å². The number of carbonyl (C=O) groups is 1. The van der Waals surface area contributed by atoms with E-state index in [0.29, 0.717) is 30.6 Å². The van der Waals surface area contributed by atoms with Crippen LogP contribution in [0.4, 0.5) is 5.69 Å². The van der Waals surface area contributed by atoms with Gasteiger partial charge in [0.15, 0.2) is 10.7 Å². The highest BCUT2D eigenvalue weighted by atomic mass is 32.2. The van der Waals surface area contributed by atoms with Gasteiger partial charge in [0.25, 0.3) is 0 Å². The maximum absolute atomic E-state index is 13.7. The van der Waals surface area contributed by atoms with E-state index in [9.17, 15) is 13.2 Å². The lowest BCUT2D eigenvalue weighted by atomic mass is 9.98. The minimum atomic E-state index is -3.95. The van der Waals surface area contributed by atoms with E-state index in [0.717, 1.165) is 22.3 Å². The van der Waals surface area contributed by atoms with Crippen LogP contribution >= 0.6 is 0 Å². The molecular weight excluding hydrogens is 488 g/mol. The average Bonchev–Trinajstić information content (AvgIpc) is 3.25. The number of amides is 1. The van der Waals surface area contributed by atoms with Gasteiger partial charge in [-0.25, -0.2) is 8.42 Å². The standard InChI is InChI=1S/C28H30N4O4S/c1-18-14-19(2)25(20(3)15-18)11-12-26-27(21(4)31-36-26)37(34,35)32-13-5-6-23(17-32)28(33)30-24-9-7-22(16-29)8-10-24/h7-12,14-15,23H,5-6,13,17H2,1-4H3,(H,30,33)/b12-11+/t23-/m0/s1. The largest absolute Gasteiger partial charge is 0.355 e. The molecular formula is C28H30N4O4S. The first-order valence-corrected chi connectivity index (χ1v) is 13.6. The average molecular weight is 519 g/mol. The van der Waals surface area contributed by atoms with Crippen molar-refractivity contribution in [2.24, 2.45) is 5.92 Å². The SMILES string of the molecule is Cc1cc(C)c(/C=C/c2onc(C)c2S(=O)(=O)N2CCC[C@H](C(=O)Nc3ccc(C#N)cc3)C2)c(C)c1. The Bertz CT molecular complexity index is 1470. The molecule has 1 aliphatic heterocycles. The number of sulfonamides is 1. The second-order valence-electron chi connectivity index (χ2n) is 9.49. The minimum Gasteiger partial charge on any atom is -0.355 e. The molecule has 4 rings (SSSR count). The number of nitriles is 1. The maximum atomic E-state index is 13.7. The van der Waals surface area contributed by atoms with E-state index in [4.69, 9.17) is 9.78 Å². The predicted molar refractivity (Wildman–Crippen MR) is 142 cm³/mol. The normalized spacial score (nSPS) is 16.6. The van der Waals surface area contributed by atoms with Gasteiger partial charge in [0, 0.05) is 18.8 Å². The molecule has 1 fully saturated rings. The van der Waals surface area contributed by atoms with Crippen LogP contribution < -0.4 is 5.32 Å². The highest BCUT2D eigenvalue weighted by Crippen LogP contribution is 2.30. The number of aryl methyl sites for hydroxylation is 4. The van der Waals surface area contributed by atoms with Crippen LogP contribution in [0.5, 0.6) is 0 Å². The van der Waals surface area contributed by atoms with E-state index < -0.39 is 15.9 Å². The summed E-state index contributed by atoms with van der Waals surface area (Å²) in [5.74, 6) is -0.589. The quantitative estimate of drug-likeness (QED) is 0.491. The van der Waals surface area contributed by atoms with Crippen LogP contribution in [0.1, 0.15) is 52.1 Å². The smallest absolute Gasteiger partial charge is 0.248 e. The van der Waals surface area contributed by atoms with Gasteiger partial charge in [-0.2, -0.15) is 9.57 Å². The van der Waals surface area contributed by atoms with E-state index in [1.165, 1.54) is 4.31 Å². The number of benzene rings is 2. The molecule has 1 atom stereocenters. The summed E-state index contributed by atoms with van der Waals surface area (Å²) < 4.78 is 34.2. The van der Waals surface area contributed by atoms with Crippen molar-refractivity contribution in [3.8, 4) is 6.07 Å². The van der Waals surface area contributed by atoms with Crippen molar-refractivity contribution in [3.05, 3.63) is 75.7 Å². The molecule has 0 aliphatic carbocycles. The van der Waals surface area contributed by atoms with Crippen molar-refractivity contribution in [3.63, 3.8) is 0 Å². The minimum absolute atomic E-state index is 0.0271. The number of rotatable bonds is 6. The van der Waals surface area contributed by atoms with E-state index in [1.54, 1.807) is 37.3 Å². The van der Waals surface area contributed by atoms with E-state index in [2.05, 4.69) is 22.6 Å². The van der Waals surface area contributed by atoms with Gasteiger partial charge in [-0.05, 0) is 87.6 Å². The fourth-order valence-electron chi connectivity index (χ4n) is 4.79. The molecule has 0 bridgehead atoms. The molecule has 0 spiro atoms. The molecule has 8 nitrogen and oxygen atoms in total. The number of nitrogens with one attached hydrogen (secondary N) is 1. The van der Waals surface area contributed by atoms with Crippen molar-refractivity contribution in [1.29, 1.82) is 5.26 Å². The second kappa shape index (κ2) is 10.7. The molecule has 9 heteroatoms. The first-order valence-electron chi connectivity index (χ1n) is 12.1. The maximum Gasteiger partial charge on any atom is 0.248 e. The number of nitrogens with zero attached hydrogens (tertiary/aromatic N) is 3. The highest BCUT2D eigenvalue weighted by Gasteiger charge is 2.37. The van der Waals surface area contributed by atoms with Gasteiger partial charge in [0.1, 0.15) is 5.69 Å². The number of aromatic nitrogens is 1. The van der Waals surface area contributed by atoms with Gasteiger partial charge in [0.2, 0.25) is 15.9 Å². The molecule has 192 valence electrons. The van der Waals surface area contributed by atoms with Gasteiger partial charge in [-0.15, -0.1) is 0 Å². The zero-order chi connectivity index (χ0) is 26.7. The number of carbonyl (C=O) groups excluding carboxylic acids is 1. The topological polar surface area (TPSA) is 116 Å². The first-order chi connectivity index (χ1) is 17.6. The van der Waals surface area contributed by atoms with Gasteiger partial charge in [0.05, 0.1) is 17.6 Å². The molecule has 0 unspecified atom stereocenters. The molecule has 0 saturated carbocycles. The molecule has 37 heavy (non-hydrogen) atoms. The molecule has 2 aromatic carbocycles. The van der Waals surface area contributed by atoms with Crippen LogP contribution in [0.2, 0.25) is 0 Å². The highest BCUT2D eigenvalue weighted by molar-refractivity contribution is 7.89. The number of hydrogen-bond donors (Lipinski definition) is 1. The van der Waals surface area contributed by atoms with Crippen LogP contribution in [0, 0.1) is 44.9 Å². The monoisotopic (exact) mass is 518 g/mol. The van der Waals surface area contributed by atoms with Gasteiger partial charge >= 0.3 is 0 Å². The summed E-state index contributed by atoms with van der Waals surface area (Å²) in [6, 6.07) is 12.7. The Balaban J connectivity index is 1.55. The third-order valence-corrected chi connectivity index (χ3v) is 8.63. The number of piperidine rings is 1. The summed E-state index contributed by atoms with van der Waals surface area (Å²) in [6.07, 6.45) is 4.64. The molecule has 2 heterocycles. The molecule has 3 aromatic rings. The third kappa shape index (κ3) is 5.66. The number of anilines is 1. The Labute approximate surface area is 217 Å². The first kappa shape index (κ1) is 26.3. The fraction of sp³-hybridized carbons (Fsp3) is 0.321. The Hall–Kier alpha value is -3.74. The van der Waals surface area contributed by atoms with E-state index in [1.807, 2.05) is 32.9 Å². The lowest BCUT2D eigenvalue weighted by molar-refractivity contribution is -0.120. The van der Waals surface area contributed by atoms with Crippen molar-refractivity contribution < 1.29 is 17.7 Å². The zero-order valence-electron chi connectivity index (χ0n) is 21.4. The third-order valence-electron chi connectivity index (χ3n) is 6.61.